The monoisotopic (exact) mass is 273 g/mol. The van der Waals surface area contributed by atoms with Gasteiger partial charge in [0.2, 0.25) is 0 Å². The Morgan fingerprint density at radius 2 is 1.85 bits per heavy atom. The Balaban J connectivity index is 1.98. The maximum absolute atomic E-state index is 5.81. The average molecular weight is 273 g/mol. The van der Waals surface area contributed by atoms with Gasteiger partial charge < -0.3 is 10.1 Å². The lowest BCUT2D eigenvalue weighted by Crippen LogP contribution is -2.68. The van der Waals surface area contributed by atoms with E-state index >= 15 is 0 Å². The number of methoxy groups -OCH3 is 1. The van der Waals surface area contributed by atoms with Crippen LogP contribution in [0, 0.1) is 5.41 Å². The lowest BCUT2D eigenvalue weighted by atomic mass is 9.42. The fraction of sp³-hybridized carbons (Fsp3) is 0.667. The molecule has 20 heavy (non-hydrogen) atoms. The highest BCUT2D eigenvalue weighted by Gasteiger charge is 2.65. The zero-order chi connectivity index (χ0) is 14.6. The number of nitrogens with one attached hydrogen (secondary N) is 1. The van der Waals surface area contributed by atoms with Crippen LogP contribution in [0.15, 0.2) is 18.2 Å². The molecule has 1 aliphatic heterocycles. The van der Waals surface area contributed by atoms with Crippen LogP contribution in [0.4, 0.5) is 0 Å². The summed E-state index contributed by atoms with van der Waals surface area (Å²) >= 11 is 0. The van der Waals surface area contributed by atoms with Gasteiger partial charge in [-0.25, -0.2) is 0 Å². The summed E-state index contributed by atoms with van der Waals surface area (Å²) in [5.74, 6) is 0. The van der Waals surface area contributed by atoms with Crippen molar-refractivity contribution in [3.63, 3.8) is 0 Å². The van der Waals surface area contributed by atoms with Crippen LogP contribution in [0.5, 0.6) is 0 Å². The van der Waals surface area contributed by atoms with Gasteiger partial charge in [-0.3, -0.25) is 0 Å². The van der Waals surface area contributed by atoms with Crippen molar-refractivity contribution in [2.24, 2.45) is 5.41 Å². The van der Waals surface area contributed by atoms with Gasteiger partial charge in [0.15, 0.2) is 0 Å². The third-order valence-corrected chi connectivity index (χ3v) is 6.57. The largest absolute Gasteiger partial charge is 0.378 e. The SMILES string of the molecule is COC1(C)CC(C)(c2ccc3c(c2)CNCC3)C1(C)C. The van der Waals surface area contributed by atoms with E-state index in [-0.39, 0.29) is 16.4 Å². The third-order valence-electron chi connectivity index (χ3n) is 6.57. The van der Waals surface area contributed by atoms with Gasteiger partial charge in [-0.2, -0.15) is 0 Å². The van der Waals surface area contributed by atoms with E-state index in [2.05, 4.69) is 51.2 Å². The Bertz CT molecular complexity index is 536. The van der Waals surface area contributed by atoms with Gasteiger partial charge in [0, 0.05) is 24.5 Å². The van der Waals surface area contributed by atoms with Crippen molar-refractivity contribution in [2.45, 2.75) is 58.1 Å². The topological polar surface area (TPSA) is 21.3 Å². The molecule has 3 rings (SSSR count). The van der Waals surface area contributed by atoms with E-state index in [1.807, 2.05) is 7.11 Å². The summed E-state index contributed by atoms with van der Waals surface area (Å²) in [7, 11) is 1.85. The zero-order valence-electron chi connectivity index (χ0n) is 13.5. The summed E-state index contributed by atoms with van der Waals surface area (Å²) in [6.45, 7) is 11.5. The highest BCUT2D eigenvalue weighted by molar-refractivity contribution is 5.42. The first-order valence-corrected chi connectivity index (χ1v) is 7.72. The van der Waals surface area contributed by atoms with Crippen LogP contribution in [0.2, 0.25) is 0 Å². The Hall–Kier alpha value is -0.860. The maximum atomic E-state index is 5.81. The highest BCUT2D eigenvalue weighted by atomic mass is 16.5. The number of hydrogen-bond acceptors (Lipinski definition) is 2. The van der Waals surface area contributed by atoms with E-state index in [0.717, 1.165) is 25.9 Å². The van der Waals surface area contributed by atoms with E-state index in [4.69, 9.17) is 4.74 Å². The van der Waals surface area contributed by atoms with Crippen molar-refractivity contribution < 1.29 is 4.74 Å². The van der Waals surface area contributed by atoms with Crippen molar-refractivity contribution in [1.29, 1.82) is 0 Å². The number of benzene rings is 1. The summed E-state index contributed by atoms with van der Waals surface area (Å²) in [6, 6.07) is 7.12. The Morgan fingerprint density at radius 1 is 1.10 bits per heavy atom. The van der Waals surface area contributed by atoms with Crippen LogP contribution in [0.3, 0.4) is 0 Å². The molecule has 1 heterocycles. The molecule has 2 heteroatoms. The van der Waals surface area contributed by atoms with E-state index in [1.54, 1.807) is 0 Å². The second-order valence-corrected chi connectivity index (χ2v) is 7.48. The fourth-order valence-corrected chi connectivity index (χ4v) is 4.21. The summed E-state index contributed by atoms with van der Waals surface area (Å²) < 4.78 is 5.81. The molecule has 1 aliphatic carbocycles. The van der Waals surface area contributed by atoms with Gasteiger partial charge in [-0.05, 0) is 43.0 Å². The molecule has 1 aromatic rings. The van der Waals surface area contributed by atoms with Gasteiger partial charge in [0.1, 0.15) is 0 Å². The van der Waals surface area contributed by atoms with Crippen molar-refractivity contribution in [1.82, 2.24) is 5.32 Å². The molecule has 1 aromatic carbocycles. The third kappa shape index (κ3) is 1.64. The van der Waals surface area contributed by atoms with Crippen LogP contribution in [-0.2, 0) is 23.1 Å². The fourth-order valence-electron chi connectivity index (χ4n) is 4.21. The molecule has 110 valence electrons. The molecule has 0 aromatic heterocycles. The summed E-state index contributed by atoms with van der Waals surface area (Å²) in [5, 5.41) is 3.48. The lowest BCUT2D eigenvalue weighted by molar-refractivity contribution is -0.212. The van der Waals surface area contributed by atoms with Gasteiger partial charge in [0.05, 0.1) is 5.60 Å². The predicted octanol–water partition coefficient (Wildman–Crippen LogP) is 3.43. The minimum Gasteiger partial charge on any atom is -0.378 e. The van der Waals surface area contributed by atoms with Crippen molar-refractivity contribution in [3.8, 4) is 0 Å². The lowest BCUT2D eigenvalue weighted by Gasteiger charge is -2.66. The van der Waals surface area contributed by atoms with Gasteiger partial charge in [-0.15, -0.1) is 0 Å². The average Bonchev–Trinajstić information content (AvgIpc) is 2.46. The minimum atomic E-state index is -0.0180. The van der Waals surface area contributed by atoms with Gasteiger partial charge in [0.25, 0.3) is 0 Å². The van der Waals surface area contributed by atoms with Crippen LogP contribution in [0.1, 0.15) is 50.8 Å². The van der Waals surface area contributed by atoms with Crippen molar-refractivity contribution in [2.75, 3.05) is 13.7 Å². The van der Waals surface area contributed by atoms with Gasteiger partial charge >= 0.3 is 0 Å². The minimum absolute atomic E-state index is 0.0180. The molecule has 2 atom stereocenters. The van der Waals surface area contributed by atoms with Crippen LogP contribution in [0.25, 0.3) is 0 Å². The first-order chi connectivity index (χ1) is 9.34. The van der Waals surface area contributed by atoms with Crippen LogP contribution < -0.4 is 5.32 Å². The molecule has 1 fully saturated rings. The number of ether oxygens (including phenoxy) is 1. The summed E-state index contributed by atoms with van der Waals surface area (Å²) in [4.78, 5) is 0. The molecule has 2 nitrogen and oxygen atoms in total. The molecular weight excluding hydrogens is 246 g/mol. The molecule has 0 radical (unpaired) electrons. The molecule has 0 amide bonds. The van der Waals surface area contributed by atoms with E-state index in [1.165, 1.54) is 16.7 Å². The first kappa shape index (κ1) is 14.1. The maximum Gasteiger partial charge on any atom is 0.0718 e. The Morgan fingerprint density at radius 3 is 2.50 bits per heavy atom. The van der Waals surface area contributed by atoms with E-state index in [0.29, 0.717) is 0 Å². The highest BCUT2D eigenvalue weighted by Crippen LogP contribution is 2.64. The Kier molecular flexibility index (Phi) is 3.04. The molecule has 0 spiro atoms. The normalized spacial score (nSPS) is 35.2. The number of rotatable bonds is 2. The molecule has 1 N–H and O–H groups in total. The van der Waals surface area contributed by atoms with E-state index in [9.17, 15) is 0 Å². The number of fused-ring (bicyclic) bond motifs is 1. The smallest absolute Gasteiger partial charge is 0.0718 e. The molecule has 1 saturated carbocycles. The molecular formula is C18H27NO. The quantitative estimate of drug-likeness (QED) is 0.891. The van der Waals surface area contributed by atoms with Gasteiger partial charge in [-0.1, -0.05) is 39.0 Å². The van der Waals surface area contributed by atoms with Crippen molar-refractivity contribution >= 4 is 0 Å². The second-order valence-electron chi connectivity index (χ2n) is 7.48. The van der Waals surface area contributed by atoms with Crippen molar-refractivity contribution in [3.05, 3.63) is 34.9 Å². The second kappa shape index (κ2) is 4.32. The summed E-state index contributed by atoms with van der Waals surface area (Å²) in [5.41, 5.74) is 4.80. The standard InChI is InChI=1S/C18H27NO/c1-16(2)17(3,12-18(16,4)20-5)15-7-6-13-8-9-19-11-14(13)10-15/h6-7,10,19H,8-9,11-12H2,1-5H3. The number of hydrogen-bond donors (Lipinski definition) is 1. The molecule has 0 saturated heterocycles. The van der Waals surface area contributed by atoms with E-state index < -0.39 is 0 Å². The Labute approximate surface area is 122 Å². The summed E-state index contributed by atoms with van der Waals surface area (Å²) in [6.07, 6.45) is 2.25. The zero-order valence-corrected chi connectivity index (χ0v) is 13.5. The molecule has 0 bridgehead atoms. The molecule has 2 aliphatic rings. The molecule has 2 unspecified atom stereocenters. The first-order valence-electron chi connectivity index (χ1n) is 7.72. The van der Waals surface area contributed by atoms with Crippen LogP contribution >= 0.6 is 0 Å². The predicted molar refractivity (Wildman–Crippen MR) is 83.0 cm³/mol. The van der Waals surface area contributed by atoms with Crippen LogP contribution in [-0.4, -0.2) is 19.3 Å².